The second-order valence-electron chi connectivity index (χ2n) is 3.96. The summed E-state index contributed by atoms with van der Waals surface area (Å²) in [5.74, 6) is 0. The maximum absolute atomic E-state index is 10.7. The van der Waals surface area contributed by atoms with Crippen molar-refractivity contribution in [1.29, 1.82) is 0 Å². The standard InChI is InChI=1S/C7H5O.3CO.3CH3.Cr.Sn/c8-6-7-4-2-1-3-5-7;3*1-2;;;;;/h1-4,6H;;;;3*1H3;;. The van der Waals surface area contributed by atoms with Gasteiger partial charge in [-0.3, -0.25) is 0 Å². The van der Waals surface area contributed by atoms with Crippen LogP contribution >= 0.6 is 0 Å². The molecule has 0 spiro atoms. The SMILES string of the molecule is [C-]#[O+].[C-]#[O+].[C-]#[O+].[CH3][Sn]([CH3])([CH3])[c]1ccccc1C=O.[Cr]. The summed E-state index contributed by atoms with van der Waals surface area (Å²) in [4.78, 5) is 17.7. The van der Waals surface area contributed by atoms with E-state index >= 15 is 0 Å². The van der Waals surface area contributed by atoms with Gasteiger partial charge in [-0.1, -0.05) is 0 Å². The van der Waals surface area contributed by atoms with E-state index in [9.17, 15) is 4.79 Å². The van der Waals surface area contributed by atoms with Gasteiger partial charge in [-0.25, -0.2) is 0 Å². The van der Waals surface area contributed by atoms with Gasteiger partial charge in [0, 0.05) is 17.4 Å². The zero-order valence-electron chi connectivity index (χ0n) is 10.9. The Morgan fingerprint density at radius 1 is 0.947 bits per heavy atom. The zero-order valence-corrected chi connectivity index (χ0v) is 15.1. The van der Waals surface area contributed by atoms with Gasteiger partial charge in [-0.15, -0.1) is 0 Å². The van der Waals surface area contributed by atoms with Crippen molar-refractivity contribution in [3.8, 4) is 0 Å². The molecule has 4 nitrogen and oxygen atoms in total. The van der Waals surface area contributed by atoms with Gasteiger partial charge >= 0.3 is 112 Å². The van der Waals surface area contributed by atoms with Crippen molar-refractivity contribution in [2.24, 2.45) is 0 Å². The van der Waals surface area contributed by atoms with Crippen LogP contribution in [0.2, 0.25) is 14.8 Å². The molecule has 0 atom stereocenters. The molecule has 0 aromatic heterocycles. The van der Waals surface area contributed by atoms with Crippen LogP contribution < -0.4 is 3.58 Å². The number of carbonyl (C=O) groups excluding carboxylic acids is 1. The molecule has 19 heavy (non-hydrogen) atoms. The van der Waals surface area contributed by atoms with Gasteiger partial charge in [0.05, 0.1) is 0 Å². The number of hydrogen-bond acceptors (Lipinski definition) is 1. The average Bonchev–Trinajstić information content (AvgIpc) is 2.44. The molecule has 6 heteroatoms. The second-order valence-corrected chi connectivity index (χ2v) is 18.3. The minimum atomic E-state index is -2.04. The van der Waals surface area contributed by atoms with Gasteiger partial charge < -0.3 is 0 Å². The minimum absolute atomic E-state index is 0. The maximum Gasteiger partial charge on any atom is 0 e. The quantitative estimate of drug-likeness (QED) is 0.321. The van der Waals surface area contributed by atoms with Gasteiger partial charge in [0.1, 0.15) is 0 Å². The molecule has 0 N–H and O–H groups in total. The van der Waals surface area contributed by atoms with Crippen LogP contribution in [-0.2, 0) is 31.3 Å². The summed E-state index contributed by atoms with van der Waals surface area (Å²) in [5.41, 5.74) is 0.890. The molecule has 0 aliphatic carbocycles. The molecule has 0 saturated heterocycles. The number of hydrogen-bond donors (Lipinski definition) is 0. The van der Waals surface area contributed by atoms with Crippen molar-refractivity contribution in [1.82, 2.24) is 0 Å². The van der Waals surface area contributed by atoms with E-state index < -0.39 is 18.4 Å². The Hall–Kier alpha value is -0.559. The molecule has 1 aromatic rings. The molecule has 0 bridgehead atoms. The summed E-state index contributed by atoms with van der Waals surface area (Å²) in [6, 6.07) is 7.94. The molecule has 0 aliphatic rings. The Morgan fingerprint density at radius 3 is 1.58 bits per heavy atom. The van der Waals surface area contributed by atoms with Crippen LogP contribution in [0.4, 0.5) is 0 Å². The Balaban J connectivity index is -0.000000142. The molecule has 0 unspecified atom stereocenters. The molecular formula is C13H14CrO4Sn. The van der Waals surface area contributed by atoms with Crippen LogP contribution in [0.3, 0.4) is 0 Å². The third-order valence-corrected chi connectivity index (χ3v) is 7.81. The van der Waals surface area contributed by atoms with E-state index in [1.165, 1.54) is 3.58 Å². The molecule has 1 aromatic carbocycles. The van der Waals surface area contributed by atoms with E-state index in [-0.39, 0.29) is 17.4 Å². The van der Waals surface area contributed by atoms with Crippen LogP contribution in [0.15, 0.2) is 24.3 Å². The first-order chi connectivity index (χ1) is 8.55. The summed E-state index contributed by atoms with van der Waals surface area (Å²) in [5, 5.41) is 0. The van der Waals surface area contributed by atoms with E-state index in [4.69, 9.17) is 14.0 Å². The predicted octanol–water partition coefficient (Wildman–Crippen LogP) is 1.93. The first-order valence-corrected chi connectivity index (χ1v) is 14.7. The van der Waals surface area contributed by atoms with Crippen molar-refractivity contribution in [2.75, 3.05) is 0 Å². The van der Waals surface area contributed by atoms with Crippen LogP contribution in [0.1, 0.15) is 10.4 Å². The van der Waals surface area contributed by atoms with Gasteiger partial charge in [0.2, 0.25) is 0 Å². The van der Waals surface area contributed by atoms with Gasteiger partial charge in [0.25, 0.3) is 0 Å². The molecule has 0 radical (unpaired) electrons. The fraction of sp³-hybridized carbons (Fsp3) is 0.231. The molecule has 0 aliphatic heterocycles. The Bertz CT molecular complexity index is 391. The maximum atomic E-state index is 10.7. The first-order valence-electron chi connectivity index (χ1n) is 4.71. The second kappa shape index (κ2) is 17.4. The van der Waals surface area contributed by atoms with Gasteiger partial charge in [0.15, 0.2) is 0 Å². The van der Waals surface area contributed by atoms with E-state index in [0.29, 0.717) is 0 Å². The third kappa shape index (κ3) is 12.2. The Morgan fingerprint density at radius 2 is 1.32 bits per heavy atom. The van der Waals surface area contributed by atoms with Crippen LogP contribution in [0.25, 0.3) is 0 Å². The molecule has 0 fully saturated rings. The van der Waals surface area contributed by atoms with Crippen LogP contribution in [0, 0.1) is 20.0 Å². The first kappa shape index (κ1) is 26.9. The summed E-state index contributed by atoms with van der Waals surface area (Å²) >= 11 is -2.04. The van der Waals surface area contributed by atoms with E-state index in [2.05, 4.69) is 40.8 Å². The normalized spacial score (nSPS) is 7.42. The molecule has 0 saturated carbocycles. The molecular weight excluding hydrogens is 391 g/mol. The van der Waals surface area contributed by atoms with Crippen LogP contribution in [0.5, 0.6) is 0 Å². The van der Waals surface area contributed by atoms with E-state index in [1.54, 1.807) is 0 Å². The zero-order chi connectivity index (χ0) is 15.2. The van der Waals surface area contributed by atoms with Crippen molar-refractivity contribution in [3.05, 3.63) is 49.8 Å². The van der Waals surface area contributed by atoms with Crippen LogP contribution in [-0.4, -0.2) is 24.7 Å². The Kier molecular flexibility index (Phi) is 24.7. The fourth-order valence-electron chi connectivity index (χ4n) is 1.28. The van der Waals surface area contributed by atoms with Gasteiger partial charge in [-0.2, -0.15) is 0 Å². The molecule has 0 amide bonds. The van der Waals surface area contributed by atoms with Crippen molar-refractivity contribution >= 4 is 28.2 Å². The summed E-state index contributed by atoms with van der Waals surface area (Å²) in [6.45, 7) is 13.5. The van der Waals surface area contributed by atoms with E-state index in [0.717, 1.165) is 11.8 Å². The smallest absolute Gasteiger partial charge is 0 e. The van der Waals surface area contributed by atoms with Crippen molar-refractivity contribution in [3.63, 3.8) is 0 Å². The fourth-order valence-corrected chi connectivity index (χ4v) is 5.86. The van der Waals surface area contributed by atoms with Gasteiger partial charge in [-0.05, 0) is 0 Å². The Labute approximate surface area is 128 Å². The predicted molar refractivity (Wildman–Crippen MR) is 66.6 cm³/mol. The summed E-state index contributed by atoms with van der Waals surface area (Å²) in [7, 11) is 0. The molecule has 1 rings (SSSR count). The summed E-state index contributed by atoms with van der Waals surface area (Å²) < 4.78 is 23.8. The van der Waals surface area contributed by atoms with Crippen molar-refractivity contribution < 1.29 is 36.1 Å². The monoisotopic (exact) mass is 406 g/mol. The number of rotatable bonds is 2. The number of carbonyl (C=O) groups is 1. The van der Waals surface area contributed by atoms with Crippen molar-refractivity contribution in [2.45, 2.75) is 14.8 Å². The largest absolute Gasteiger partial charge is 0 e. The molecule has 0 heterocycles. The minimum Gasteiger partial charge on any atom is 0 e. The number of benzene rings is 1. The third-order valence-electron chi connectivity index (χ3n) is 1.90. The topological polar surface area (TPSA) is 76.8 Å². The summed E-state index contributed by atoms with van der Waals surface area (Å²) in [6.07, 6.45) is 0.970. The number of aldehydes is 1. The average molecular weight is 405 g/mol. The van der Waals surface area contributed by atoms with E-state index in [1.807, 2.05) is 18.2 Å². The molecule has 100 valence electrons.